The van der Waals surface area contributed by atoms with Gasteiger partial charge in [0.1, 0.15) is 0 Å². The molecule has 0 spiro atoms. The van der Waals surface area contributed by atoms with Crippen LogP contribution in [0, 0.1) is 6.92 Å². The molecule has 9 heavy (non-hydrogen) atoms. The Morgan fingerprint density at radius 1 is 1.44 bits per heavy atom. The van der Waals surface area contributed by atoms with Crippen LogP contribution in [0.15, 0.2) is 12.3 Å². The van der Waals surface area contributed by atoms with Crippen LogP contribution >= 0.6 is 0 Å². The second-order valence-corrected chi connectivity index (χ2v) is 1.17. The molecule has 3 heteroatoms. The minimum absolute atomic E-state index is 0. The molecule has 0 saturated carbocycles. The van der Waals surface area contributed by atoms with Gasteiger partial charge in [0.25, 0.3) is 0 Å². The van der Waals surface area contributed by atoms with Gasteiger partial charge in [0.15, 0.2) is 0 Å². The van der Waals surface area contributed by atoms with Crippen molar-refractivity contribution in [1.29, 1.82) is 0 Å². The van der Waals surface area contributed by atoms with Gasteiger partial charge in [-0.25, -0.2) is 0 Å². The summed E-state index contributed by atoms with van der Waals surface area (Å²) < 4.78 is 0. The smallest absolute Gasteiger partial charge is 0.579 e. The first kappa shape index (κ1) is 12.5. The zero-order chi connectivity index (χ0) is 6.41. The van der Waals surface area contributed by atoms with Gasteiger partial charge in [0.05, 0.1) is 0 Å². The van der Waals surface area contributed by atoms with E-state index in [0.717, 1.165) is 5.69 Å². The van der Waals surface area contributed by atoms with Crippen LogP contribution in [0.5, 0.6) is 0 Å². The van der Waals surface area contributed by atoms with Crippen LogP contribution in [0.1, 0.15) is 19.5 Å². The summed E-state index contributed by atoms with van der Waals surface area (Å²) in [6.07, 6.45) is 1.68. The number of rotatable bonds is 0. The van der Waals surface area contributed by atoms with Crippen molar-refractivity contribution >= 4 is 0 Å². The molecular formula is C6H11KN2. The molecule has 0 aliphatic rings. The average Bonchev–Trinajstić information content (AvgIpc) is 2.24. The standard InChI is InChI=1S/C4H5N2.C2H6.K/c1-4-2-3-5-6-4;1-2;/h2-3H,1H3;1-2H3;/q-1;;+1. The van der Waals surface area contributed by atoms with E-state index in [1.54, 1.807) is 6.20 Å². The monoisotopic (exact) mass is 150 g/mol. The molecule has 1 aromatic rings. The fraction of sp³-hybridized carbons (Fsp3) is 0.500. The van der Waals surface area contributed by atoms with E-state index in [2.05, 4.69) is 10.2 Å². The number of hydrogen-bond acceptors (Lipinski definition) is 1. The summed E-state index contributed by atoms with van der Waals surface area (Å²) in [5.41, 5.74) is 0.981. The Morgan fingerprint density at radius 3 is 2.11 bits per heavy atom. The minimum Gasteiger partial charge on any atom is -0.579 e. The largest absolute Gasteiger partial charge is 1.00 e. The van der Waals surface area contributed by atoms with Gasteiger partial charge >= 0.3 is 51.4 Å². The molecule has 0 atom stereocenters. The fourth-order valence-corrected chi connectivity index (χ4v) is 0.299. The summed E-state index contributed by atoms with van der Waals surface area (Å²) in [7, 11) is 0. The zero-order valence-corrected chi connectivity index (χ0v) is 9.67. The van der Waals surface area contributed by atoms with Crippen LogP contribution in [0.3, 0.4) is 0 Å². The summed E-state index contributed by atoms with van der Waals surface area (Å²) in [5, 5.41) is 7.24. The van der Waals surface area contributed by atoms with Gasteiger partial charge in [-0.05, 0) is 0 Å². The normalized spacial score (nSPS) is 6.56. The predicted octanol–water partition coefficient (Wildman–Crippen LogP) is -1.62. The molecule has 0 unspecified atom stereocenters. The van der Waals surface area contributed by atoms with Gasteiger partial charge in [-0.2, -0.15) is 0 Å². The van der Waals surface area contributed by atoms with E-state index < -0.39 is 0 Å². The van der Waals surface area contributed by atoms with Crippen LogP contribution in [-0.4, -0.2) is 5.10 Å². The molecule has 0 bridgehead atoms. The molecule has 0 amide bonds. The second-order valence-electron chi connectivity index (χ2n) is 1.17. The van der Waals surface area contributed by atoms with Gasteiger partial charge in [-0.1, -0.05) is 26.8 Å². The SMILES string of the molecule is CC.Cc1ccn[n-]1.[K+]. The Balaban J connectivity index is 0. The Labute approximate surface area is 98.9 Å². The van der Waals surface area contributed by atoms with Crippen molar-refractivity contribution in [2.45, 2.75) is 20.8 Å². The third-order valence-electron chi connectivity index (χ3n) is 0.598. The molecular weight excluding hydrogens is 139 g/mol. The Kier molecular flexibility index (Phi) is 12.3. The van der Waals surface area contributed by atoms with Gasteiger partial charge in [-0.15, -0.1) is 5.69 Å². The topological polar surface area (TPSA) is 27.0 Å². The first-order valence-electron chi connectivity index (χ1n) is 2.80. The van der Waals surface area contributed by atoms with Crippen LogP contribution in [0.4, 0.5) is 0 Å². The van der Waals surface area contributed by atoms with E-state index in [4.69, 9.17) is 0 Å². The summed E-state index contributed by atoms with van der Waals surface area (Å²) in [6, 6.07) is 1.86. The Bertz CT molecular complexity index is 115. The van der Waals surface area contributed by atoms with Gasteiger partial charge in [0, 0.05) is 6.20 Å². The maximum absolute atomic E-state index is 3.67. The van der Waals surface area contributed by atoms with Crippen LogP contribution in [0.2, 0.25) is 0 Å². The van der Waals surface area contributed by atoms with Crippen molar-refractivity contribution in [2.24, 2.45) is 0 Å². The van der Waals surface area contributed by atoms with Crippen molar-refractivity contribution in [3.8, 4) is 0 Å². The summed E-state index contributed by atoms with van der Waals surface area (Å²) in [4.78, 5) is 0. The molecule has 1 rings (SSSR count). The first-order chi connectivity index (χ1) is 3.89. The van der Waals surface area contributed by atoms with Crippen LogP contribution < -0.4 is 56.5 Å². The van der Waals surface area contributed by atoms with Crippen molar-refractivity contribution in [3.63, 3.8) is 0 Å². The Hall–Kier alpha value is 0.846. The molecule has 1 aromatic heterocycles. The molecule has 0 radical (unpaired) electrons. The quantitative estimate of drug-likeness (QED) is 0.416. The molecule has 0 aromatic carbocycles. The van der Waals surface area contributed by atoms with E-state index in [-0.39, 0.29) is 51.4 Å². The van der Waals surface area contributed by atoms with Crippen LogP contribution in [0.25, 0.3) is 0 Å². The fourth-order valence-electron chi connectivity index (χ4n) is 0.299. The van der Waals surface area contributed by atoms with E-state index in [1.165, 1.54) is 0 Å². The van der Waals surface area contributed by atoms with E-state index in [1.807, 2.05) is 26.8 Å². The van der Waals surface area contributed by atoms with Crippen molar-refractivity contribution in [1.82, 2.24) is 10.2 Å². The van der Waals surface area contributed by atoms with E-state index in [0.29, 0.717) is 0 Å². The summed E-state index contributed by atoms with van der Waals surface area (Å²) in [6.45, 7) is 5.91. The van der Waals surface area contributed by atoms with Gasteiger partial charge in [0.2, 0.25) is 0 Å². The predicted molar refractivity (Wildman–Crippen MR) is 33.6 cm³/mol. The van der Waals surface area contributed by atoms with Crippen molar-refractivity contribution in [2.75, 3.05) is 0 Å². The molecule has 1 heterocycles. The number of hydrogen-bond donors (Lipinski definition) is 0. The van der Waals surface area contributed by atoms with Crippen molar-refractivity contribution < 1.29 is 51.4 Å². The summed E-state index contributed by atoms with van der Waals surface area (Å²) >= 11 is 0. The first-order valence-corrected chi connectivity index (χ1v) is 2.80. The summed E-state index contributed by atoms with van der Waals surface area (Å²) in [5.74, 6) is 0. The molecule has 46 valence electrons. The van der Waals surface area contributed by atoms with E-state index >= 15 is 0 Å². The maximum Gasteiger partial charge on any atom is 1.00 e. The third-order valence-corrected chi connectivity index (χ3v) is 0.598. The van der Waals surface area contributed by atoms with Gasteiger partial charge in [-0.3, -0.25) is 0 Å². The van der Waals surface area contributed by atoms with Crippen LogP contribution in [-0.2, 0) is 0 Å². The minimum atomic E-state index is 0. The molecule has 0 saturated heterocycles. The molecule has 0 fully saturated rings. The van der Waals surface area contributed by atoms with Gasteiger partial charge < -0.3 is 10.2 Å². The molecule has 0 aliphatic carbocycles. The number of nitrogens with zero attached hydrogens (tertiary/aromatic N) is 2. The molecule has 0 N–H and O–H groups in total. The third kappa shape index (κ3) is 6.74. The maximum atomic E-state index is 3.67. The zero-order valence-electron chi connectivity index (χ0n) is 6.55. The Morgan fingerprint density at radius 2 is 2.00 bits per heavy atom. The number of aryl methyl sites for hydroxylation is 1. The van der Waals surface area contributed by atoms with E-state index in [9.17, 15) is 0 Å². The average molecular weight is 150 g/mol. The second kappa shape index (κ2) is 8.85. The van der Waals surface area contributed by atoms with Crippen molar-refractivity contribution in [3.05, 3.63) is 18.0 Å². The number of aromatic nitrogens is 2. The molecule has 2 nitrogen and oxygen atoms in total. The molecule has 0 aliphatic heterocycles.